The van der Waals surface area contributed by atoms with Gasteiger partial charge in [0.2, 0.25) is 22.7 Å². The third-order valence-electron chi connectivity index (χ3n) is 3.99. The molecular weight excluding hydrogens is 356 g/mol. The number of likely N-dealkylation sites (N-methyl/N-ethyl adjacent to an activating group) is 1. The van der Waals surface area contributed by atoms with Crippen molar-refractivity contribution < 1.29 is 22.7 Å². The molecule has 0 aromatic heterocycles. The molecular formula is C18H20N2O5S. The lowest BCUT2D eigenvalue weighted by atomic mass is 10.2. The van der Waals surface area contributed by atoms with Crippen molar-refractivity contribution in [2.24, 2.45) is 0 Å². The summed E-state index contributed by atoms with van der Waals surface area (Å²) in [6, 6.07) is 11.6. The van der Waals surface area contributed by atoms with Crippen LogP contribution in [0.3, 0.4) is 0 Å². The molecule has 1 aliphatic rings. The molecule has 1 N–H and O–H groups in total. The van der Waals surface area contributed by atoms with E-state index in [4.69, 9.17) is 9.47 Å². The molecule has 0 spiro atoms. The number of aryl methyl sites for hydroxylation is 1. The summed E-state index contributed by atoms with van der Waals surface area (Å²) >= 11 is 0. The van der Waals surface area contributed by atoms with Gasteiger partial charge in [0.25, 0.3) is 0 Å². The van der Waals surface area contributed by atoms with Crippen LogP contribution in [0.1, 0.15) is 12.5 Å². The Morgan fingerprint density at radius 3 is 2.50 bits per heavy atom. The first-order chi connectivity index (χ1) is 12.4. The average Bonchev–Trinajstić information content (AvgIpc) is 3.07. The molecule has 0 saturated carbocycles. The molecule has 0 radical (unpaired) electrons. The van der Waals surface area contributed by atoms with E-state index in [9.17, 15) is 13.2 Å². The Kier molecular flexibility index (Phi) is 5.15. The van der Waals surface area contributed by atoms with Gasteiger partial charge in [-0.15, -0.1) is 0 Å². The van der Waals surface area contributed by atoms with E-state index in [2.05, 4.69) is 5.32 Å². The molecule has 7 nitrogen and oxygen atoms in total. The Morgan fingerprint density at radius 1 is 1.12 bits per heavy atom. The normalized spacial score (nSPS) is 13.0. The number of hydrogen-bond acceptors (Lipinski definition) is 5. The highest BCUT2D eigenvalue weighted by Crippen LogP contribution is 2.34. The van der Waals surface area contributed by atoms with Crippen LogP contribution in [0.25, 0.3) is 0 Å². The lowest BCUT2D eigenvalue weighted by Gasteiger charge is -2.20. The van der Waals surface area contributed by atoms with E-state index < -0.39 is 15.9 Å². The highest BCUT2D eigenvalue weighted by molar-refractivity contribution is 7.89. The van der Waals surface area contributed by atoms with Crippen molar-refractivity contribution in [2.45, 2.75) is 18.7 Å². The number of ether oxygens (including phenoxy) is 2. The molecule has 1 heterocycles. The van der Waals surface area contributed by atoms with Gasteiger partial charge in [-0.05, 0) is 31.2 Å². The predicted molar refractivity (Wildman–Crippen MR) is 96.8 cm³/mol. The summed E-state index contributed by atoms with van der Waals surface area (Å²) in [6.07, 6.45) is 0. The van der Waals surface area contributed by atoms with Gasteiger partial charge in [0.1, 0.15) is 0 Å². The maximum Gasteiger partial charge on any atom is 0.243 e. The molecule has 0 aliphatic carbocycles. The molecule has 0 fully saturated rings. The van der Waals surface area contributed by atoms with Crippen molar-refractivity contribution in [3.8, 4) is 11.5 Å². The molecule has 8 heteroatoms. The lowest BCUT2D eigenvalue weighted by Crippen LogP contribution is -2.37. The summed E-state index contributed by atoms with van der Waals surface area (Å²) in [5.41, 5.74) is 1.48. The first kappa shape index (κ1) is 18.2. The van der Waals surface area contributed by atoms with E-state index in [0.29, 0.717) is 17.2 Å². The number of sulfonamides is 1. The van der Waals surface area contributed by atoms with Crippen LogP contribution < -0.4 is 14.8 Å². The fourth-order valence-corrected chi connectivity index (χ4v) is 3.97. The van der Waals surface area contributed by atoms with Crippen molar-refractivity contribution in [1.82, 2.24) is 4.31 Å². The number of carbonyl (C=O) groups is 1. The van der Waals surface area contributed by atoms with Crippen molar-refractivity contribution in [1.29, 1.82) is 0 Å². The molecule has 0 bridgehead atoms. The summed E-state index contributed by atoms with van der Waals surface area (Å²) < 4.78 is 37.1. The minimum absolute atomic E-state index is 0.144. The van der Waals surface area contributed by atoms with Gasteiger partial charge in [0, 0.05) is 18.3 Å². The molecule has 138 valence electrons. The second-order valence-corrected chi connectivity index (χ2v) is 7.80. The largest absolute Gasteiger partial charge is 0.454 e. The summed E-state index contributed by atoms with van der Waals surface area (Å²) in [5, 5.41) is 2.69. The SMILES string of the molecule is CCN(CC(=O)Nc1ccc2c(c1)OCO2)S(=O)(=O)c1ccc(C)cc1. The number of anilines is 1. The van der Waals surface area contributed by atoms with E-state index >= 15 is 0 Å². The standard InChI is InChI=1S/C18H20N2O5S/c1-3-20(26(22,23)15-7-4-13(2)5-8-15)11-18(21)19-14-6-9-16-17(10-14)25-12-24-16/h4-10H,3,11-12H2,1-2H3,(H,19,21). The van der Waals surface area contributed by atoms with Gasteiger partial charge in [-0.3, -0.25) is 4.79 Å². The zero-order chi connectivity index (χ0) is 18.7. The van der Waals surface area contributed by atoms with Crippen molar-refractivity contribution in [3.63, 3.8) is 0 Å². The molecule has 0 saturated heterocycles. The molecule has 0 atom stereocenters. The van der Waals surface area contributed by atoms with Gasteiger partial charge in [0.05, 0.1) is 11.4 Å². The number of carbonyl (C=O) groups excluding carboxylic acids is 1. The summed E-state index contributed by atoms with van der Waals surface area (Å²) in [5.74, 6) is 0.726. The van der Waals surface area contributed by atoms with Crippen LogP contribution in [-0.4, -0.2) is 38.5 Å². The Labute approximate surface area is 152 Å². The van der Waals surface area contributed by atoms with Crippen LogP contribution >= 0.6 is 0 Å². The van der Waals surface area contributed by atoms with Crippen LogP contribution in [0.2, 0.25) is 0 Å². The number of rotatable bonds is 6. The van der Waals surface area contributed by atoms with Crippen LogP contribution in [0, 0.1) is 6.92 Å². The quantitative estimate of drug-likeness (QED) is 0.837. The second-order valence-electron chi connectivity index (χ2n) is 5.86. The number of benzene rings is 2. The van der Waals surface area contributed by atoms with Crippen molar-refractivity contribution >= 4 is 21.6 Å². The fraction of sp³-hybridized carbons (Fsp3) is 0.278. The Balaban J connectivity index is 1.71. The highest BCUT2D eigenvalue weighted by atomic mass is 32.2. The second kappa shape index (κ2) is 7.35. The topological polar surface area (TPSA) is 84.9 Å². The van der Waals surface area contributed by atoms with Gasteiger partial charge in [-0.2, -0.15) is 4.31 Å². The van der Waals surface area contributed by atoms with Gasteiger partial charge in [-0.25, -0.2) is 8.42 Å². The van der Waals surface area contributed by atoms with Crippen LogP contribution in [-0.2, 0) is 14.8 Å². The number of nitrogens with one attached hydrogen (secondary N) is 1. The summed E-state index contributed by atoms with van der Waals surface area (Å²) in [4.78, 5) is 12.5. The number of fused-ring (bicyclic) bond motifs is 1. The van der Waals surface area contributed by atoms with E-state index in [-0.39, 0.29) is 24.8 Å². The van der Waals surface area contributed by atoms with Crippen molar-refractivity contribution in [3.05, 3.63) is 48.0 Å². The number of amides is 1. The summed E-state index contributed by atoms with van der Waals surface area (Å²) in [6.45, 7) is 3.63. The third-order valence-corrected chi connectivity index (χ3v) is 5.92. The predicted octanol–water partition coefficient (Wildman–Crippen LogP) is 2.37. The van der Waals surface area contributed by atoms with Gasteiger partial charge >= 0.3 is 0 Å². The molecule has 3 rings (SSSR count). The maximum absolute atomic E-state index is 12.7. The smallest absolute Gasteiger partial charge is 0.243 e. The maximum atomic E-state index is 12.7. The summed E-state index contributed by atoms with van der Waals surface area (Å²) in [7, 11) is -3.74. The number of nitrogens with zero attached hydrogens (tertiary/aromatic N) is 1. The lowest BCUT2D eigenvalue weighted by molar-refractivity contribution is -0.116. The van der Waals surface area contributed by atoms with Crippen molar-refractivity contribution in [2.75, 3.05) is 25.2 Å². The molecule has 1 aliphatic heterocycles. The van der Waals surface area contributed by atoms with E-state index in [1.165, 1.54) is 0 Å². The Hall–Kier alpha value is -2.58. The molecule has 2 aromatic carbocycles. The zero-order valence-corrected chi connectivity index (χ0v) is 15.4. The highest BCUT2D eigenvalue weighted by Gasteiger charge is 2.25. The Bertz CT molecular complexity index is 910. The third kappa shape index (κ3) is 3.81. The molecule has 1 amide bonds. The average molecular weight is 376 g/mol. The van der Waals surface area contributed by atoms with Crippen LogP contribution in [0.5, 0.6) is 11.5 Å². The van der Waals surface area contributed by atoms with Crippen LogP contribution in [0.15, 0.2) is 47.4 Å². The molecule has 0 unspecified atom stereocenters. The first-order valence-electron chi connectivity index (χ1n) is 8.16. The first-order valence-corrected chi connectivity index (χ1v) is 9.60. The van der Waals surface area contributed by atoms with Gasteiger partial charge in [0.15, 0.2) is 11.5 Å². The van der Waals surface area contributed by atoms with Gasteiger partial charge < -0.3 is 14.8 Å². The van der Waals surface area contributed by atoms with E-state index in [1.807, 2.05) is 6.92 Å². The molecule has 2 aromatic rings. The van der Waals surface area contributed by atoms with E-state index in [0.717, 1.165) is 9.87 Å². The molecule has 26 heavy (non-hydrogen) atoms. The zero-order valence-electron chi connectivity index (χ0n) is 14.6. The fourth-order valence-electron chi connectivity index (χ4n) is 2.56. The van der Waals surface area contributed by atoms with E-state index in [1.54, 1.807) is 49.4 Å². The number of hydrogen-bond donors (Lipinski definition) is 1. The van der Waals surface area contributed by atoms with Gasteiger partial charge in [-0.1, -0.05) is 24.6 Å². The minimum Gasteiger partial charge on any atom is -0.454 e. The minimum atomic E-state index is -3.74. The van der Waals surface area contributed by atoms with Crippen LogP contribution in [0.4, 0.5) is 5.69 Å². The monoisotopic (exact) mass is 376 g/mol. The Morgan fingerprint density at radius 2 is 1.81 bits per heavy atom.